The van der Waals surface area contributed by atoms with Crippen molar-refractivity contribution in [1.82, 2.24) is 10.6 Å². The van der Waals surface area contributed by atoms with Crippen molar-refractivity contribution in [2.75, 3.05) is 25.4 Å². The molecule has 2 aliphatic rings. The van der Waals surface area contributed by atoms with Crippen LogP contribution in [0.25, 0.3) is 0 Å². The molecule has 0 bridgehead atoms. The number of nitrogens with zero attached hydrogens (tertiary/aromatic N) is 1. The van der Waals surface area contributed by atoms with Crippen LogP contribution in [-0.4, -0.2) is 35.6 Å². The number of nitrogens with one attached hydrogen (secondary N) is 2. The molecule has 0 radical (unpaired) electrons. The van der Waals surface area contributed by atoms with Crippen LogP contribution in [0.5, 0.6) is 0 Å². The molecule has 2 aliphatic heterocycles. The minimum atomic E-state index is -2.26. The van der Waals surface area contributed by atoms with Gasteiger partial charge in [-0.3, -0.25) is 0 Å². The van der Waals surface area contributed by atoms with Crippen LogP contribution in [0.2, 0.25) is 0 Å². The summed E-state index contributed by atoms with van der Waals surface area (Å²) in [5.41, 5.74) is 1.14. The largest absolute Gasteiger partial charge is 0.315 e. The van der Waals surface area contributed by atoms with Gasteiger partial charge in [-0.2, -0.15) is 0 Å². The van der Waals surface area contributed by atoms with E-state index in [0.717, 1.165) is 49.5 Å². The first kappa shape index (κ1) is 13.1. The van der Waals surface area contributed by atoms with Crippen LogP contribution in [0.15, 0.2) is 33.5 Å². The quantitative estimate of drug-likeness (QED) is 0.816. The molecule has 1 fully saturated rings. The van der Waals surface area contributed by atoms with Crippen LogP contribution in [-0.2, 0) is 16.3 Å². The van der Waals surface area contributed by atoms with Gasteiger partial charge in [-0.05, 0) is 31.0 Å². The summed E-state index contributed by atoms with van der Waals surface area (Å²) >= 11 is 0. The van der Waals surface area contributed by atoms with E-state index in [1.807, 2.05) is 18.2 Å². The van der Waals surface area contributed by atoms with E-state index in [4.69, 9.17) is 4.36 Å². The molecule has 2 heterocycles. The van der Waals surface area contributed by atoms with E-state index in [-0.39, 0.29) is 6.04 Å². The molecule has 1 aromatic carbocycles. The molecule has 2 N–H and O–H groups in total. The van der Waals surface area contributed by atoms with Gasteiger partial charge in [-0.1, -0.05) is 18.2 Å². The lowest BCUT2D eigenvalue weighted by molar-refractivity contribution is 0.462. The summed E-state index contributed by atoms with van der Waals surface area (Å²) in [7, 11) is -2.26. The molecule has 5 heteroatoms. The summed E-state index contributed by atoms with van der Waals surface area (Å²) in [5, 5.41) is 6.69. The molecule has 0 amide bonds. The minimum Gasteiger partial charge on any atom is -0.315 e. The Labute approximate surface area is 115 Å². The number of benzene rings is 1. The second-order valence-corrected chi connectivity index (χ2v) is 7.57. The van der Waals surface area contributed by atoms with Crippen LogP contribution in [0.1, 0.15) is 18.4 Å². The predicted octanol–water partition coefficient (Wildman–Crippen LogP) is 1.37. The monoisotopic (exact) mass is 279 g/mol. The Morgan fingerprint density at radius 2 is 2.11 bits per heavy atom. The molecule has 104 valence electrons. The van der Waals surface area contributed by atoms with Crippen LogP contribution < -0.4 is 10.6 Å². The number of hydrogen-bond donors (Lipinski definition) is 2. The van der Waals surface area contributed by atoms with Gasteiger partial charge in [0.2, 0.25) is 0 Å². The van der Waals surface area contributed by atoms with Crippen molar-refractivity contribution in [3.05, 3.63) is 29.8 Å². The lowest BCUT2D eigenvalue weighted by Crippen LogP contribution is -2.33. The Bertz CT molecular complexity index is 558. The van der Waals surface area contributed by atoms with E-state index in [9.17, 15) is 4.21 Å². The average molecular weight is 279 g/mol. The molecule has 19 heavy (non-hydrogen) atoms. The molecule has 0 aromatic heterocycles. The van der Waals surface area contributed by atoms with Gasteiger partial charge < -0.3 is 10.6 Å². The topological polar surface area (TPSA) is 53.5 Å². The van der Waals surface area contributed by atoms with E-state index in [0.29, 0.717) is 5.75 Å². The van der Waals surface area contributed by atoms with Gasteiger partial charge in [-0.15, -0.1) is 0 Å². The maximum absolute atomic E-state index is 13.3. The van der Waals surface area contributed by atoms with Crippen molar-refractivity contribution in [3.8, 4) is 0 Å². The SMILES string of the molecule is O=S1(=NC2CCCNC2)CCNCc2ccccc21. The van der Waals surface area contributed by atoms with Crippen LogP contribution in [0.4, 0.5) is 0 Å². The predicted molar refractivity (Wildman–Crippen MR) is 77.7 cm³/mol. The maximum atomic E-state index is 13.3. The van der Waals surface area contributed by atoms with Gasteiger partial charge in [0.1, 0.15) is 0 Å². The molecule has 1 aromatic rings. The van der Waals surface area contributed by atoms with Gasteiger partial charge in [-0.25, -0.2) is 8.57 Å². The third-order valence-corrected chi connectivity index (χ3v) is 6.26. The van der Waals surface area contributed by atoms with E-state index in [1.165, 1.54) is 0 Å². The van der Waals surface area contributed by atoms with E-state index < -0.39 is 9.73 Å². The fraction of sp³-hybridized carbons (Fsp3) is 0.571. The summed E-state index contributed by atoms with van der Waals surface area (Å²) < 4.78 is 18.0. The molecule has 3 rings (SSSR count). The highest BCUT2D eigenvalue weighted by molar-refractivity contribution is 7.93. The lowest BCUT2D eigenvalue weighted by atomic mass is 10.1. The number of rotatable bonds is 1. The zero-order valence-electron chi connectivity index (χ0n) is 11.1. The summed E-state index contributed by atoms with van der Waals surface area (Å²) in [4.78, 5) is 0.950. The highest BCUT2D eigenvalue weighted by Gasteiger charge is 2.22. The third-order valence-electron chi connectivity index (χ3n) is 3.78. The van der Waals surface area contributed by atoms with Gasteiger partial charge in [0, 0.05) is 25.4 Å². The maximum Gasteiger partial charge on any atom is 0.0771 e. The first-order valence-electron chi connectivity index (χ1n) is 7.01. The fourth-order valence-corrected chi connectivity index (χ4v) is 5.14. The van der Waals surface area contributed by atoms with Crippen molar-refractivity contribution < 1.29 is 4.21 Å². The summed E-state index contributed by atoms with van der Waals surface area (Å²) in [6.07, 6.45) is 2.18. The van der Waals surface area contributed by atoms with Gasteiger partial charge in [0.15, 0.2) is 0 Å². The van der Waals surface area contributed by atoms with Crippen LogP contribution in [0.3, 0.4) is 0 Å². The molecule has 2 unspecified atom stereocenters. The normalized spacial score (nSPS) is 31.3. The second kappa shape index (κ2) is 5.61. The smallest absolute Gasteiger partial charge is 0.0771 e. The summed E-state index contributed by atoms with van der Waals surface area (Å²) in [6, 6.07) is 8.23. The van der Waals surface area contributed by atoms with Crippen LogP contribution >= 0.6 is 0 Å². The zero-order valence-corrected chi connectivity index (χ0v) is 11.9. The number of hydrogen-bond acceptors (Lipinski definition) is 4. The van der Waals surface area contributed by atoms with Crippen molar-refractivity contribution in [2.24, 2.45) is 4.36 Å². The van der Waals surface area contributed by atoms with E-state index in [2.05, 4.69) is 16.7 Å². The second-order valence-electron chi connectivity index (χ2n) is 5.23. The summed E-state index contributed by atoms with van der Waals surface area (Å²) in [5.74, 6) is 0.626. The first-order valence-corrected chi connectivity index (χ1v) is 8.70. The molecule has 0 spiro atoms. The molecule has 4 nitrogen and oxygen atoms in total. The van der Waals surface area contributed by atoms with Crippen molar-refractivity contribution >= 4 is 9.73 Å². The number of fused-ring (bicyclic) bond motifs is 1. The van der Waals surface area contributed by atoms with Crippen LogP contribution in [0, 0.1) is 0 Å². The minimum absolute atomic E-state index is 0.201. The Morgan fingerprint density at radius 1 is 1.21 bits per heavy atom. The van der Waals surface area contributed by atoms with Gasteiger partial charge >= 0.3 is 0 Å². The third kappa shape index (κ3) is 2.83. The molecule has 0 saturated carbocycles. The Kier molecular flexibility index (Phi) is 3.86. The molecular formula is C14H21N3OS. The van der Waals surface area contributed by atoms with Gasteiger partial charge in [0.25, 0.3) is 0 Å². The highest BCUT2D eigenvalue weighted by Crippen LogP contribution is 2.23. The van der Waals surface area contributed by atoms with E-state index in [1.54, 1.807) is 0 Å². The molecule has 0 aliphatic carbocycles. The first-order chi connectivity index (χ1) is 9.28. The standard InChI is InChI=1S/C14H21N3OS/c18-19(17-13-5-3-7-15-11-13)9-8-16-10-12-4-1-2-6-14(12)19/h1-2,4,6,13,15-16H,3,5,7-11H2. The van der Waals surface area contributed by atoms with Gasteiger partial charge in [0.05, 0.1) is 20.7 Å². The Balaban J connectivity index is 2.01. The zero-order chi connectivity index (χ0) is 13.1. The highest BCUT2D eigenvalue weighted by atomic mass is 32.2. The van der Waals surface area contributed by atoms with Crippen molar-refractivity contribution in [3.63, 3.8) is 0 Å². The average Bonchev–Trinajstić information content (AvgIpc) is 2.60. The molecule has 1 saturated heterocycles. The Hall–Kier alpha value is -0.910. The van der Waals surface area contributed by atoms with Crippen molar-refractivity contribution in [1.29, 1.82) is 0 Å². The summed E-state index contributed by atoms with van der Waals surface area (Å²) in [6.45, 7) is 3.50. The van der Waals surface area contributed by atoms with E-state index >= 15 is 0 Å². The van der Waals surface area contributed by atoms with Crippen molar-refractivity contribution in [2.45, 2.75) is 30.3 Å². The lowest BCUT2D eigenvalue weighted by Gasteiger charge is -2.21. The molecular weight excluding hydrogens is 258 g/mol. The molecule has 2 atom stereocenters. The fourth-order valence-electron chi connectivity index (χ4n) is 2.78. The Morgan fingerprint density at radius 3 is 2.95 bits per heavy atom. The number of piperidine rings is 1.